The van der Waals surface area contributed by atoms with E-state index in [0.717, 1.165) is 56.9 Å². The number of likely N-dealkylation sites (tertiary alicyclic amines) is 1. The van der Waals surface area contributed by atoms with Crippen LogP contribution in [0.5, 0.6) is 0 Å². The maximum atomic E-state index is 12.6. The van der Waals surface area contributed by atoms with E-state index in [9.17, 15) is 19.8 Å². The van der Waals surface area contributed by atoms with Crippen LogP contribution in [0.25, 0.3) is 0 Å². The molecule has 7 nitrogen and oxygen atoms in total. The molecule has 1 saturated heterocycles. The van der Waals surface area contributed by atoms with Gasteiger partial charge >= 0.3 is 11.7 Å². The van der Waals surface area contributed by atoms with Gasteiger partial charge in [-0.1, -0.05) is 19.4 Å². The first kappa shape index (κ1) is 24.2. The van der Waals surface area contributed by atoms with Crippen LogP contribution in [-0.2, 0) is 4.74 Å². The molecule has 4 aliphatic carbocycles. The Hall–Kier alpha value is -2.12. The van der Waals surface area contributed by atoms with Crippen molar-refractivity contribution in [3.63, 3.8) is 0 Å². The van der Waals surface area contributed by atoms with E-state index in [0.29, 0.717) is 25.4 Å². The Morgan fingerprint density at radius 3 is 2.64 bits per heavy atom. The number of fused-ring (bicyclic) bond motifs is 5. The number of amides is 1. The van der Waals surface area contributed by atoms with E-state index in [-0.39, 0.29) is 40.5 Å². The van der Waals surface area contributed by atoms with Crippen molar-refractivity contribution >= 4 is 6.09 Å². The molecule has 196 valence electrons. The molecule has 0 radical (unpaired) electrons. The molecular formula is C29H39NO6. The van der Waals surface area contributed by atoms with Crippen molar-refractivity contribution in [3.05, 3.63) is 46.0 Å². The third kappa shape index (κ3) is 3.52. The van der Waals surface area contributed by atoms with Gasteiger partial charge in [0.25, 0.3) is 0 Å². The molecule has 3 saturated carbocycles. The van der Waals surface area contributed by atoms with Gasteiger partial charge in [0.2, 0.25) is 0 Å². The highest BCUT2D eigenvalue weighted by atomic mass is 16.6. The lowest BCUT2D eigenvalue weighted by Gasteiger charge is -2.61. The fourth-order valence-electron chi connectivity index (χ4n) is 8.97. The highest BCUT2D eigenvalue weighted by Crippen LogP contribution is 2.70. The first-order valence-electron chi connectivity index (χ1n) is 13.8. The van der Waals surface area contributed by atoms with Crippen molar-refractivity contribution in [2.45, 2.75) is 95.4 Å². The highest BCUT2D eigenvalue weighted by molar-refractivity contribution is 5.68. The van der Waals surface area contributed by atoms with Gasteiger partial charge in [-0.3, -0.25) is 0 Å². The van der Waals surface area contributed by atoms with Crippen molar-refractivity contribution < 1.29 is 24.2 Å². The van der Waals surface area contributed by atoms with Gasteiger partial charge in [0.15, 0.2) is 0 Å². The molecule has 2 heterocycles. The van der Waals surface area contributed by atoms with Gasteiger partial charge in [0.05, 0.1) is 18.0 Å². The number of hydrogen-bond donors (Lipinski definition) is 2. The minimum absolute atomic E-state index is 0.0182. The minimum atomic E-state index is -0.731. The third-order valence-corrected chi connectivity index (χ3v) is 11.1. The lowest BCUT2D eigenvalue weighted by atomic mass is 9.45. The van der Waals surface area contributed by atoms with Gasteiger partial charge in [-0.15, -0.1) is 0 Å². The van der Waals surface area contributed by atoms with Gasteiger partial charge in [-0.25, -0.2) is 9.59 Å². The zero-order valence-electron chi connectivity index (χ0n) is 21.4. The van der Waals surface area contributed by atoms with Crippen LogP contribution in [0.4, 0.5) is 4.79 Å². The number of ether oxygens (including phenoxy) is 1. The van der Waals surface area contributed by atoms with Gasteiger partial charge in [0, 0.05) is 24.6 Å². The molecule has 8 atom stereocenters. The molecule has 6 rings (SSSR count). The molecule has 7 heteroatoms. The summed E-state index contributed by atoms with van der Waals surface area (Å²) in [5.74, 6) is 0.842. The van der Waals surface area contributed by atoms with Gasteiger partial charge in [-0.05, 0) is 98.7 Å². The standard InChI is InChI=1S/C29H39NO6/c1-27-11-7-21(36-26(33)30-14-10-20(31)16-30)15-19(27)4-5-24-23(27)8-12-28(2)22(9-13-29(24,28)34)18-3-6-25(32)35-17-18/h3,6,15,17,20-24,31,34H,4-5,7-14,16H2,1-2H3/t20-,21?,22?,23?,24?,27?,28?,29?/m0/s1. The number of β-amino-alcohol motifs (C(OH)–C–C–N with tert-alkyl or cyclic N) is 1. The molecular weight excluding hydrogens is 458 g/mol. The number of rotatable bonds is 2. The van der Waals surface area contributed by atoms with Gasteiger partial charge in [-0.2, -0.15) is 0 Å². The summed E-state index contributed by atoms with van der Waals surface area (Å²) in [6.45, 7) is 5.54. The van der Waals surface area contributed by atoms with E-state index in [1.165, 1.54) is 11.6 Å². The zero-order valence-corrected chi connectivity index (χ0v) is 21.4. The summed E-state index contributed by atoms with van der Waals surface area (Å²) in [5.41, 5.74) is 1.14. The number of carbonyl (C=O) groups is 1. The minimum Gasteiger partial charge on any atom is -0.442 e. The van der Waals surface area contributed by atoms with Crippen LogP contribution in [0.2, 0.25) is 0 Å². The van der Waals surface area contributed by atoms with Crippen molar-refractivity contribution in [2.24, 2.45) is 22.7 Å². The predicted molar refractivity (Wildman–Crippen MR) is 133 cm³/mol. The summed E-state index contributed by atoms with van der Waals surface area (Å²) in [7, 11) is 0. The Morgan fingerprint density at radius 1 is 1.08 bits per heavy atom. The lowest BCUT2D eigenvalue weighted by Crippen LogP contribution is -2.60. The third-order valence-electron chi connectivity index (χ3n) is 11.1. The molecule has 1 aliphatic heterocycles. The van der Waals surface area contributed by atoms with E-state index in [1.54, 1.807) is 11.2 Å². The first-order valence-corrected chi connectivity index (χ1v) is 13.8. The quantitative estimate of drug-likeness (QED) is 0.589. The van der Waals surface area contributed by atoms with Crippen molar-refractivity contribution in [2.75, 3.05) is 13.1 Å². The van der Waals surface area contributed by atoms with E-state index in [2.05, 4.69) is 19.9 Å². The summed E-state index contributed by atoms with van der Waals surface area (Å²) < 4.78 is 11.1. The lowest BCUT2D eigenvalue weighted by molar-refractivity contribution is -0.178. The van der Waals surface area contributed by atoms with Crippen LogP contribution >= 0.6 is 0 Å². The maximum absolute atomic E-state index is 12.6. The number of nitrogens with zero attached hydrogens (tertiary/aromatic N) is 1. The van der Waals surface area contributed by atoms with E-state index >= 15 is 0 Å². The summed E-state index contributed by atoms with van der Waals surface area (Å²) in [6.07, 6.45) is 10.8. The smallest absolute Gasteiger partial charge is 0.410 e. The Bertz CT molecular complexity index is 1110. The summed E-state index contributed by atoms with van der Waals surface area (Å²) in [6, 6.07) is 3.38. The maximum Gasteiger partial charge on any atom is 0.410 e. The summed E-state index contributed by atoms with van der Waals surface area (Å²) >= 11 is 0. The second-order valence-corrected chi connectivity index (χ2v) is 12.6. The SMILES string of the molecule is CC12CCC(OC(=O)N3CC[C@H](O)C3)C=C1CCC1C2CCC2(C)C(c3ccc(=O)oc3)CCC12O. The molecule has 4 fully saturated rings. The van der Waals surface area contributed by atoms with Crippen molar-refractivity contribution in [1.29, 1.82) is 0 Å². The Kier molecular flexibility index (Phi) is 5.69. The van der Waals surface area contributed by atoms with Gasteiger partial charge in [0.1, 0.15) is 6.10 Å². The van der Waals surface area contributed by atoms with Crippen LogP contribution in [0.3, 0.4) is 0 Å². The number of carbonyl (C=O) groups excluding carboxylic acids is 1. The number of aliphatic hydroxyl groups is 2. The Labute approximate surface area is 212 Å². The van der Waals surface area contributed by atoms with Crippen LogP contribution < -0.4 is 5.63 Å². The average molecular weight is 498 g/mol. The number of aliphatic hydroxyl groups excluding tert-OH is 1. The zero-order chi connectivity index (χ0) is 25.3. The Balaban J connectivity index is 1.21. The molecule has 5 aliphatic rings. The molecule has 2 N–H and O–H groups in total. The topological polar surface area (TPSA) is 100 Å². The molecule has 0 aromatic carbocycles. The van der Waals surface area contributed by atoms with Crippen LogP contribution in [-0.4, -0.2) is 52.1 Å². The fraction of sp³-hybridized carbons (Fsp3) is 0.724. The van der Waals surface area contributed by atoms with E-state index in [4.69, 9.17) is 9.15 Å². The Morgan fingerprint density at radius 2 is 1.92 bits per heavy atom. The van der Waals surface area contributed by atoms with Crippen molar-refractivity contribution in [1.82, 2.24) is 4.90 Å². The molecule has 36 heavy (non-hydrogen) atoms. The molecule has 1 aromatic heterocycles. The predicted octanol–water partition coefficient (Wildman–Crippen LogP) is 4.37. The van der Waals surface area contributed by atoms with Crippen LogP contribution in [0.1, 0.15) is 83.1 Å². The average Bonchev–Trinajstić information content (AvgIpc) is 3.41. The molecule has 1 aromatic rings. The summed E-state index contributed by atoms with van der Waals surface area (Å²) in [5, 5.41) is 22.1. The largest absolute Gasteiger partial charge is 0.442 e. The molecule has 0 spiro atoms. The molecule has 1 amide bonds. The summed E-state index contributed by atoms with van der Waals surface area (Å²) in [4.78, 5) is 25.7. The van der Waals surface area contributed by atoms with E-state index < -0.39 is 11.7 Å². The number of hydrogen-bond acceptors (Lipinski definition) is 6. The van der Waals surface area contributed by atoms with E-state index in [1.807, 2.05) is 6.07 Å². The monoisotopic (exact) mass is 497 g/mol. The van der Waals surface area contributed by atoms with Crippen molar-refractivity contribution in [3.8, 4) is 0 Å². The second kappa shape index (κ2) is 8.45. The molecule has 7 unspecified atom stereocenters. The fourth-order valence-corrected chi connectivity index (χ4v) is 8.97. The highest BCUT2D eigenvalue weighted by Gasteiger charge is 2.66. The second-order valence-electron chi connectivity index (χ2n) is 12.6. The van der Waals surface area contributed by atoms with Crippen LogP contribution in [0.15, 0.2) is 39.3 Å². The molecule has 0 bridgehead atoms. The van der Waals surface area contributed by atoms with Crippen LogP contribution in [0, 0.1) is 22.7 Å². The number of allylic oxidation sites excluding steroid dienone is 1. The van der Waals surface area contributed by atoms with Gasteiger partial charge < -0.3 is 24.3 Å². The first-order chi connectivity index (χ1) is 17.1. The normalized spacial score (nSPS) is 43.8.